The molecule has 0 saturated heterocycles. The zero-order valence-electron chi connectivity index (χ0n) is 9.32. The standard InChI is InChI=1S/C10H13ClO4Si/c1-16(2,3)15-14-13-10(12)8-5-4-6-9(11)7-8/h4-7H,1-3H3. The monoisotopic (exact) mass is 260 g/mol. The van der Waals surface area contributed by atoms with Crippen molar-refractivity contribution in [2.45, 2.75) is 19.6 Å². The molecule has 0 fully saturated rings. The van der Waals surface area contributed by atoms with E-state index >= 15 is 0 Å². The molecule has 16 heavy (non-hydrogen) atoms. The van der Waals surface area contributed by atoms with Crippen LogP contribution in [-0.2, 0) is 14.5 Å². The minimum absolute atomic E-state index is 0.312. The maximum absolute atomic E-state index is 11.4. The van der Waals surface area contributed by atoms with E-state index < -0.39 is 14.3 Å². The Hall–Kier alpha value is -0.883. The Morgan fingerprint density at radius 3 is 2.56 bits per heavy atom. The van der Waals surface area contributed by atoms with E-state index in [1.807, 2.05) is 19.6 Å². The van der Waals surface area contributed by atoms with Gasteiger partial charge in [0.25, 0.3) is 0 Å². The lowest BCUT2D eigenvalue weighted by Crippen LogP contribution is -2.26. The second-order valence-electron chi connectivity index (χ2n) is 4.14. The minimum atomic E-state index is -1.86. The van der Waals surface area contributed by atoms with Gasteiger partial charge in [0.1, 0.15) is 0 Å². The van der Waals surface area contributed by atoms with Crippen molar-refractivity contribution in [2.24, 2.45) is 0 Å². The molecule has 0 aliphatic carbocycles. The second kappa shape index (κ2) is 5.45. The van der Waals surface area contributed by atoms with Gasteiger partial charge in [0.05, 0.1) is 5.56 Å². The first-order valence-electron chi connectivity index (χ1n) is 4.71. The number of carbonyl (C=O) groups is 1. The van der Waals surface area contributed by atoms with E-state index in [0.717, 1.165) is 0 Å². The third-order valence-electron chi connectivity index (χ3n) is 1.45. The van der Waals surface area contributed by atoms with E-state index in [1.54, 1.807) is 18.2 Å². The predicted molar refractivity (Wildman–Crippen MR) is 62.4 cm³/mol. The van der Waals surface area contributed by atoms with Crippen molar-refractivity contribution >= 4 is 25.9 Å². The smallest absolute Gasteiger partial charge is 0.264 e. The molecule has 0 saturated carbocycles. The molecule has 0 bridgehead atoms. The Labute approximate surface area is 100 Å². The Bertz CT molecular complexity index is 375. The predicted octanol–water partition coefficient (Wildman–Crippen LogP) is 3.19. The van der Waals surface area contributed by atoms with Crippen LogP contribution in [0.1, 0.15) is 10.4 Å². The molecule has 4 nitrogen and oxygen atoms in total. The largest absolute Gasteiger partial charge is 0.376 e. The fourth-order valence-electron chi connectivity index (χ4n) is 0.814. The summed E-state index contributed by atoms with van der Waals surface area (Å²) in [5.74, 6) is -0.638. The first-order valence-corrected chi connectivity index (χ1v) is 8.49. The average Bonchev–Trinajstić information content (AvgIpc) is 2.15. The lowest BCUT2D eigenvalue weighted by Gasteiger charge is -2.12. The van der Waals surface area contributed by atoms with Gasteiger partial charge in [-0.05, 0) is 42.9 Å². The van der Waals surface area contributed by atoms with Crippen LogP contribution in [0, 0.1) is 0 Å². The highest BCUT2D eigenvalue weighted by Gasteiger charge is 2.18. The second-order valence-corrected chi connectivity index (χ2v) is 8.97. The fraction of sp³-hybridized carbons (Fsp3) is 0.300. The Morgan fingerprint density at radius 2 is 2.00 bits per heavy atom. The highest BCUT2D eigenvalue weighted by Crippen LogP contribution is 2.12. The van der Waals surface area contributed by atoms with E-state index in [-0.39, 0.29) is 0 Å². The summed E-state index contributed by atoms with van der Waals surface area (Å²) in [5, 5.41) is 4.88. The van der Waals surface area contributed by atoms with Gasteiger partial charge in [-0.2, -0.15) is 0 Å². The van der Waals surface area contributed by atoms with Crippen LogP contribution in [0.5, 0.6) is 0 Å². The molecule has 0 heterocycles. The van der Waals surface area contributed by atoms with E-state index in [4.69, 9.17) is 16.2 Å². The van der Waals surface area contributed by atoms with Crippen LogP contribution in [0.2, 0.25) is 24.7 Å². The maximum atomic E-state index is 11.4. The van der Waals surface area contributed by atoms with Gasteiger partial charge in [0.2, 0.25) is 8.32 Å². The fourth-order valence-corrected chi connectivity index (χ4v) is 1.24. The van der Waals surface area contributed by atoms with Crippen LogP contribution in [0.25, 0.3) is 0 Å². The molecule has 0 aliphatic rings. The van der Waals surface area contributed by atoms with Crippen molar-refractivity contribution in [2.75, 3.05) is 0 Å². The summed E-state index contributed by atoms with van der Waals surface area (Å²) in [6.45, 7) is 5.71. The van der Waals surface area contributed by atoms with Crippen LogP contribution in [0.3, 0.4) is 0 Å². The van der Waals surface area contributed by atoms with Gasteiger partial charge < -0.3 is 0 Å². The van der Waals surface area contributed by atoms with E-state index in [0.29, 0.717) is 10.6 Å². The number of hydrogen-bond acceptors (Lipinski definition) is 4. The highest BCUT2D eigenvalue weighted by molar-refractivity contribution is 6.69. The topological polar surface area (TPSA) is 44.8 Å². The number of hydrogen-bond donors (Lipinski definition) is 0. The van der Waals surface area contributed by atoms with Gasteiger partial charge in [0.15, 0.2) is 0 Å². The molecule has 88 valence electrons. The molecule has 0 radical (unpaired) electrons. The van der Waals surface area contributed by atoms with E-state index in [2.05, 4.69) is 9.93 Å². The summed E-state index contributed by atoms with van der Waals surface area (Å²) < 4.78 is 4.91. The molecule has 1 aromatic carbocycles. The van der Waals surface area contributed by atoms with Crippen molar-refractivity contribution in [1.29, 1.82) is 0 Å². The molecule has 0 atom stereocenters. The summed E-state index contributed by atoms with van der Waals surface area (Å²) in [4.78, 5) is 15.9. The normalized spacial score (nSPS) is 11.2. The number of halogens is 1. The van der Waals surface area contributed by atoms with Crippen molar-refractivity contribution in [1.82, 2.24) is 0 Å². The van der Waals surface area contributed by atoms with E-state index in [9.17, 15) is 4.79 Å². The van der Waals surface area contributed by atoms with Gasteiger partial charge >= 0.3 is 5.97 Å². The third kappa shape index (κ3) is 4.76. The van der Waals surface area contributed by atoms with Crippen LogP contribution >= 0.6 is 11.6 Å². The molecule has 1 rings (SSSR count). The van der Waals surface area contributed by atoms with Crippen molar-refractivity contribution in [3.8, 4) is 0 Å². The van der Waals surface area contributed by atoms with Gasteiger partial charge in [0, 0.05) is 5.02 Å². The molecule has 0 N–H and O–H groups in total. The molecule has 0 spiro atoms. The van der Waals surface area contributed by atoms with Crippen molar-refractivity contribution < 1.29 is 19.3 Å². The molecule has 6 heteroatoms. The molecular weight excluding hydrogens is 248 g/mol. The molecule has 0 aromatic heterocycles. The first kappa shape index (κ1) is 13.2. The lowest BCUT2D eigenvalue weighted by molar-refractivity contribution is -0.437. The summed E-state index contributed by atoms with van der Waals surface area (Å²) in [6, 6.07) is 6.38. The molecule has 1 aromatic rings. The molecule has 0 aliphatic heterocycles. The average molecular weight is 261 g/mol. The summed E-state index contributed by atoms with van der Waals surface area (Å²) in [6.07, 6.45) is 0. The van der Waals surface area contributed by atoms with Crippen LogP contribution in [0.4, 0.5) is 0 Å². The summed E-state index contributed by atoms with van der Waals surface area (Å²) >= 11 is 5.72. The zero-order chi connectivity index (χ0) is 12.2. The van der Waals surface area contributed by atoms with Gasteiger partial charge in [-0.25, -0.2) is 9.37 Å². The van der Waals surface area contributed by atoms with Crippen LogP contribution in [-0.4, -0.2) is 14.3 Å². The Morgan fingerprint density at radius 1 is 1.31 bits per heavy atom. The SMILES string of the molecule is C[Si](C)(C)OOOC(=O)c1cccc(Cl)c1. The van der Waals surface area contributed by atoms with Gasteiger partial charge in [-0.1, -0.05) is 17.7 Å². The first-order chi connectivity index (χ1) is 7.38. The Kier molecular flexibility index (Phi) is 4.49. The van der Waals surface area contributed by atoms with Gasteiger partial charge in [-0.3, -0.25) is 4.89 Å². The highest BCUT2D eigenvalue weighted by atomic mass is 35.5. The summed E-state index contributed by atoms with van der Waals surface area (Å²) in [5.41, 5.74) is 0.312. The minimum Gasteiger partial charge on any atom is -0.264 e. The maximum Gasteiger partial charge on any atom is 0.376 e. The Balaban J connectivity index is 2.47. The summed E-state index contributed by atoms with van der Waals surface area (Å²) in [7, 11) is -1.86. The lowest BCUT2D eigenvalue weighted by atomic mass is 10.2. The van der Waals surface area contributed by atoms with E-state index in [1.165, 1.54) is 6.07 Å². The molecular formula is C10H13ClO4Si. The zero-order valence-corrected chi connectivity index (χ0v) is 11.1. The van der Waals surface area contributed by atoms with Crippen molar-refractivity contribution in [3.05, 3.63) is 34.9 Å². The number of benzene rings is 1. The third-order valence-corrected chi connectivity index (χ3v) is 2.26. The van der Waals surface area contributed by atoms with Gasteiger partial charge in [-0.15, -0.1) is 0 Å². The molecule has 0 amide bonds. The quantitative estimate of drug-likeness (QED) is 0.474. The molecule has 0 unspecified atom stereocenters. The van der Waals surface area contributed by atoms with Crippen LogP contribution in [0.15, 0.2) is 24.3 Å². The number of rotatable bonds is 4. The van der Waals surface area contributed by atoms with Crippen LogP contribution < -0.4 is 0 Å². The van der Waals surface area contributed by atoms with Crippen molar-refractivity contribution in [3.63, 3.8) is 0 Å². The number of carbonyl (C=O) groups excluding carboxylic acids is 1.